The van der Waals surface area contributed by atoms with Crippen LogP contribution < -0.4 is 0 Å². The summed E-state index contributed by atoms with van der Waals surface area (Å²) in [6.07, 6.45) is 4.40. The summed E-state index contributed by atoms with van der Waals surface area (Å²) in [7, 11) is 0. The second-order valence-electron chi connectivity index (χ2n) is 3.64. The zero-order valence-electron chi connectivity index (χ0n) is 7.35. The molecule has 1 fully saturated rings. The Bertz CT molecular complexity index is 181. The van der Waals surface area contributed by atoms with Gasteiger partial charge in [0, 0.05) is 0 Å². The van der Waals surface area contributed by atoms with E-state index in [0.29, 0.717) is 18.8 Å². The summed E-state index contributed by atoms with van der Waals surface area (Å²) < 4.78 is 0. The van der Waals surface area contributed by atoms with E-state index in [9.17, 15) is 4.79 Å². The smallest absolute Gasteiger partial charge is 0.324 e. The molecule has 70 valence electrons. The van der Waals surface area contributed by atoms with Gasteiger partial charge in [-0.15, -0.1) is 11.6 Å². The van der Waals surface area contributed by atoms with Crippen molar-refractivity contribution in [2.45, 2.75) is 43.9 Å². The summed E-state index contributed by atoms with van der Waals surface area (Å²) in [6, 6.07) is 0. The number of aliphatic carboxylic acids is 1. The van der Waals surface area contributed by atoms with Crippen molar-refractivity contribution in [3.63, 3.8) is 0 Å². The van der Waals surface area contributed by atoms with E-state index in [1.807, 2.05) is 0 Å². The quantitative estimate of drug-likeness (QED) is 0.680. The van der Waals surface area contributed by atoms with Crippen LogP contribution in [-0.2, 0) is 4.79 Å². The molecule has 1 aliphatic rings. The van der Waals surface area contributed by atoms with E-state index < -0.39 is 10.8 Å². The van der Waals surface area contributed by atoms with Crippen LogP contribution in [0.15, 0.2) is 0 Å². The van der Waals surface area contributed by atoms with Crippen LogP contribution in [0.25, 0.3) is 0 Å². The van der Waals surface area contributed by atoms with Crippen LogP contribution in [0.3, 0.4) is 0 Å². The van der Waals surface area contributed by atoms with Gasteiger partial charge in [0.25, 0.3) is 0 Å². The lowest BCUT2D eigenvalue weighted by Crippen LogP contribution is -2.37. The molecule has 2 atom stereocenters. The van der Waals surface area contributed by atoms with E-state index in [0.717, 1.165) is 19.3 Å². The number of alkyl halides is 1. The van der Waals surface area contributed by atoms with Crippen molar-refractivity contribution in [2.24, 2.45) is 5.92 Å². The number of carboxylic acid groups (broad SMARTS) is 1. The van der Waals surface area contributed by atoms with Crippen LogP contribution in [-0.4, -0.2) is 16.0 Å². The van der Waals surface area contributed by atoms with E-state index >= 15 is 0 Å². The van der Waals surface area contributed by atoms with Crippen LogP contribution in [0.2, 0.25) is 0 Å². The first kappa shape index (κ1) is 9.85. The Morgan fingerprint density at radius 1 is 1.75 bits per heavy atom. The molecule has 0 saturated heterocycles. The first-order valence-corrected chi connectivity index (χ1v) is 4.88. The Kier molecular flexibility index (Phi) is 2.99. The van der Waals surface area contributed by atoms with E-state index in [1.165, 1.54) is 0 Å². The van der Waals surface area contributed by atoms with Crippen LogP contribution >= 0.6 is 11.6 Å². The monoisotopic (exact) mass is 190 g/mol. The molecule has 0 aromatic rings. The summed E-state index contributed by atoms with van der Waals surface area (Å²) in [5.41, 5.74) is 0. The largest absolute Gasteiger partial charge is 0.480 e. The Morgan fingerprint density at radius 2 is 2.42 bits per heavy atom. The fraction of sp³-hybridized carbons (Fsp3) is 0.889. The van der Waals surface area contributed by atoms with Gasteiger partial charge in [0.05, 0.1) is 0 Å². The number of carbonyl (C=O) groups is 1. The molecule has 0 spiro atoms. The van der Waals surface area contributed by atoms with Gasteiger partial charge in [0.15, 0.2) is 0 Å². The highest BCUT2D eigenvalue weighted by Gasteiger charge is 2.40. The van der Waals surface area contributed by atoms with Gasteiger partial charge in [-0.1, -0.05) is 26.2 Å². The zero-order valence-corrected chi connectivity index (χ0v) is 8.10. The number of rotatable bonds is 2. The van der Waals surface area contributed by atoms with Gasteiger partial charge in [-0.3, -0.25) is 4.79 Å². The normalized spacial score (nSPS) is 36.3. The summed E-state index contributed by atoms with van der Waals surface area (Å²) in [4.78, 5) is 9.85. The molecule has 1 aliphatic carbocycles. The van der Waals surface area contributed by atoms with Crippen molar-refractivity contribution in [3.8, 4) is 0 Å². The third-order valence-electron chi connectivity index (χ3n) is 2.76. The fourth-order valence-electron chi connectivity index (χ4n) is 1.88. The second-order valence-corrected chi connectivity index (χ2v) is 4.36. The number of halogens is 1. The standard InChI is InChI=1S/C9H15ClO2/c1-2-7-4-3-5-9(10,6-7)8(11)12/h7H,2-6H2,1H3,(H,11,12). The Morgan fingerprint density at radius 3 is 2.92 bits per heavy atom. The first-order valence-electron chi connectivity index (χ1n) is 4.51. The molecule has 0 amide bonds. The number of hydrogen-bond donors (Lipinski definition) is 1. The molecule has 1 N–H and O–H groups in total. The molecule has 0 radical (unpaired) electrons. The molecule has 12 heavy (non-hydrogen) atoms. The highest BCUT2D eigenvalue weighted by atomic mass is 35.5. The second kappa shape index (κ2) is 3.65. The lowest BCUT2D eigenvalue weighted by molar-refractivity contribution is -0.141. The van der Waals surface area contributed by atoms with Crippen molar-refractivity contribution < 1.29 is 9.90 Å². The van der Waals surface area contributed by atoms with Crippen molar-refractivity contribution >= 4 is 17.6 Å². The average molecular weight is 191 g/mol. The van der Waals surface area contributed by atoms with Gasteiger partial charge in [0.1, 0.15) is 4.87 Å². The fourth-order valence-corrected chi connectivity index (χ4v) is 2.23. The third-order valence-corrected chi connectivity index (χ3v) is 3.26. The lowest BCUT2D eigenvalue weighted by atomic mass is 9.79. The lowest BCUT2D eigenvalue weighted by Gasteiger charge is -2.32. The third kappa shape index (κ3) is 1.92. The number of hydrogen-bond acceptors (Lipinski definition) is 1. The maximum Gasteiger partial charge on any atom is 0.324 e. The Hall–Kier alpha value is -0.240. The SMILES string of the molecule is CCC1CCCC(Cl)(C(=O)O)C1. The molecule has 2 nitrogen and oxygen atoms in total. The van der Waals surface area contributed by atoms with Crippen molar-refractivity contribution in [1.29, 1.82) is 0 Å². The molecule has 0 aromatic carbocycles. The molecule has 0 bridgehead atoms. The molecule has 1 saturated carbocycles. The average Bonchev–Trinajstić information content (AvgIpc) is 2.04. The molecule has 0 aliphatic heterocycles. The predicted octanol–water partition coefficient (Wildman–Crippen LogP) is 2.65. The summed E-state index contributed by atoms with van der Waals surface area (Å²) >= 11 is 5.98. The maximum atomic E-state index is 10.8. The summed E-state index contributed by atoms with van der Waals surface area (Å²) in [5.74, 6) is -0.338. The number of carboxylic acids is 1. The minimum absolute atomic E-state index is 0.507. The first-order chi connectivity index (χ1) is 5.58. The van der Waals surface area contributed by atoms with E-state index in [4.69, 9.17) is 16.7 Å². The van der Waals surface area contributed by atoms with Crippen LogP contribution in [0, 0.1) is 5.92 Å². The van der Waals surface area contributed by atoms with Crippen LogP contribution in [0.5, 0.6) is 0 Å². The molecule has 0 heterocycles. The molecular formula is C9H15ClO2. The minimum atomic E-state index is -0.959. The molecule has 1 rings (SSSR count). The van der Waals surface area contributed by atoms with Gasteiger partial charge >= 0.3 is 5.97 Å². The molecule has 2 unspecified atom stereocenters. The molecule has 3 heteroatoms. The van der Waals surface area contributed by atoms with Crippen LogP contribution in [0.4, 0.5) is 0 Å². The van der Waals surface area contributed by atoms with Crippen molar-refractivity contribution in [2.75, 3.05) is 0 Å². The topological polar surface area (TPSA) is 37.3 Å². The predicted molar refractivity (Wildman–Crippen MR) is 48.5 cm³/mol. The Balaban J connectivity index is 2.61. The van der Waals surface area contributed by atoms with Gasteiger partial charge in [-0.2, -0.15) is 0 Å². The van der Waals surface area contributed by atoms with Gasteiger partial charge in [-0.25, -0.2) is 0 Å². The van der Waals surface area contributed by atoms with Crippen molar-refractivity contribution in [3.05, 3.63) is 0 Å². The van der Waals surface area contributed by atoms with Gasteiger partial charge in [0.2, 0.25) is 0 Å². The highest BCUT2D eigenvalue weighted by Crippen LogP contribution is 2.38. The van der Waals surface area contributed by atoms with Crippen molar-refractivity contribution in [1.82, 2.24) is 0 Å². The van der Waals surface area contributed by atoms with Crippen LogP contribution in [0.1, 0.15) is 39.0 Å². The molecular weight excluding hydrogens is 176 g/mol. The summed E-state index contributed by atoms with van der Waals surface area (Å²) in [5, 5.41) is 8.88. The maximum absolute atomic E-state index is 10.8. The van der Waals surface area contributed by atoms with E-state index in [1.54, 1.807) is 0 Å². The Labute approximate surface area is 77.9 Å². The van der Waals surface area contributed by atoms with Gasteiger partial charge < -0.3 is 5.11 Å². The summed E-state index contributed by atoms with van der Waals surface area (Å²) in [6.45, 7) is 2.09. The molecule has 0 aromatic heterocycles. The van der Waals surface area contributed by atoms with Gasteiger partial charge in [-0.05, 0) is 18.8 Å². The highest BCUT2D eigenvalue weighted by molar-refractivity contribution is 6.33. The minimum Gasteiger partial charge on any atom is -0.480 e. The van der Waals surface area contributed by atoms with E-state index in [2.05, 4.69) is 6.92 Å². The van der Waals surface area contributed by atoms with E-state index in [-0.39, 0.29) is 0 Å². The zero-order chi connectivity index (χ0) is 9.19.